The minimum absolute atomic E-state index is 0.0711. The number of amides is 3. The molecule has 0 spiro atoms. The zero-order valence-electron chi connectivity index (χ0n) is 11.0. The Morgan fingerprint density at radius 3 is 2.30 bits per heavy atom. The van der Waals surface area contributed by atoms with Gasteiger partial charge in [0, 0.05) is 12.8 Å². The maximum absolute atomic E-state index is 12.0. The van der Waals surface area contributed by atoms with E-state index in [0.29, 0.717) is 6.42 Å². The molecule has 0 radical (unpaired) electrons. The third-order valence-corrected chi connectivity index (χ3v) is 3.23. The summed E-state index contributed by atoms with van der Waals surface area (Å²) >= 11 is 0. The van der Waals surface area contributed by atoms with Crippen LogP contribution in [0.2, 0.25) is 0 Å². The second-order valence-electron chi connectivity index (χ2n) is 4.82. The first kappa shape index (κ1) is 14.0. The number of rotatable bonds is 5. The van der Waals surface area contributed by atoms with Crippen LogP contribution in [0.1, 0.15) is 18.4 Å². The Hall–Kier alpha value is -2.37. The molecule has 1 aliphatic rings. The van der Waals surface area contributed by atoms with E-state index in [1.54, 1.807) is 0 Å². The Kier molecular flexibility index (Phi) is 4.34. The van der Waals surface area contributed by atoms with Gasteiger partial charge in [0.15, 0.2) is 0 Å². The summed E-state index contributed by atoms with van der Waals surface area (Å²) in [6.45, 7) is 0. The molecule has 1 aromatic carbocycles. The number of benzene rings is 1. The lowest BCUT2D eigenvalue weighted by Gasteiger charge is -2.29. The Labute approximate surface area is 116 Å². The van der Waals surface area contributed by atoms with Crippen molar-refractivity contribution in [1.82, 2.24) is 10.6 Å². The molecule has 1 fully saturated rings. The van der Waals surface area contributed by atoms with E-state index in [1.165, 1.54) is 0 Å². The van der Waals surface area contributed by atoms with Gasteiger partial charge < -0.3 is 16.4 Å². The quantitative estimate of drug-likeness (QED) is 0.673. The summed E-state index contributed by atoms with van der Waals surface area (Å²) in [5.41, 5.74) is 6.01. The highest BCUT2D eigenvalue weighted by Crippen LogP contribution is 2.09. The first-order valence-corrected chi connectivity index (χ1v) is 6.49. The maximum Gasteiger partial charge on any atom is 0.243 e. The number of primary amides is 1. The van der Waals surface area contributed by atoms with Crippen molar-refractivity contribution < 1.29 is 14.4 Å². The molecule has 4 N–H and O–H groups in total. The van der Waals surface area contributed by atoms with Crippen molar-refractivity contribution in [3.05, 3.63) is 35.9 Å². The van der Waals surface area contributed by atoms with Crippen molar-refractivity contribution in [3.63, 3.8) is 0 Å². The van der Waals surface area contributed by atoms with E-state index in [1.807, 2.05) is 30.3 Å². The molecule has 0 unspecified atom stereocenters. The van der Waals surface area contributed by atoms with Crippen molar-refractivity contribution in [3.8, 4) is 0 Å². The van der Waals surface area contributed by atoms with Gasteiger partial charge in [0.05, 0.1) is 0 Å². The standard InChI is InChI=1S/C14H17N3O3/c15-12(18)7-6-10-13(19)17-11(14(20)16-10)8-9-4-2-1-3-5-9/h1-5,10-11H,6-8H2,(H2,15,18)(H,16,20)(H,17,19)/t10-,11-/m0/s1. The van der Waals surface area contributed by atoms with E-state index < -0.39 is 18.0 Å². The Morgan fingerprint density at radius 2 is 1.65 bits per heavy atom. The number of hydrogen-bond acceptors (Lipinski definition) is 3. The molecule has 20 heavy (non-hydrogen) atoms. The van der Waals surface area contributed by atoms with Crippen LogP contribution in [0.3, 0.4) is 0 Å². The predicted molar refractivity (Wildman–Crippen MR) is 72.4 cm³/mol. The Balaban J connectivity index is 1.94. The summed E-state index contributed by atoms with van der Waals surface area (Å²) in [6.07, 6.45) is 0.744. The maximum atomic E-state index is 12.0. The highest BCUT2D eigenvalue weighted by atomic mass is 16.2. The van der Waals surface area contributed by atoms with Gasteiger partial charge in [-0.25, -0.2) is 0 Å². The second-order valence-corrected chi connectivity index (χ2v) is 4.82. The SMILES string of the molecule is NC(=O)CC[C@@H]1NC(=O)[C@H](Cc2ccccc2)NC1=O. The van der Waals surface area contributed by atoms with Gasteiger partial charge in [-0.2, -0.15) is 0 Å². The molecule has 2 rings (SSSR count). The predicted octanol–water partition coefficient (Wildman–Crippen LogP) is -0.522. The second kappa shape index (κ2) is 6.18. The first-order chi connectivity index (χ1) is 9.56. The molecule has 1 saturated heterocycles. The van der Waals surface area contributed by atoms with Crippen LogP contribution in [-0.4, -0.2) is 29.8 Å². The molecule has 3 amide bonds. The lowest BCUT2D eigenvalue weighted by atomic mass is 10.0. The number of hydrogen-bond donors (Lipinski definition) is 3. The topological polar surface area (TPSA) is 101 Å². The molecule has 6 nitrogen and oxygen atoms in total. The van der Waals surface area contributed by atoms with Crippen LogP contribution in [0, 0.1) is 0 Å². The van der Waals surface area contributed by atoms with Crippen LogP contribution in [0.25, 0.3) is 0 Å². The molecule has 1 aromatic rings. The number of nitrogens with one attached hydrogen (secondary N) is 2. The fourth-order valence-corrected chi connectivity index (χ4v) is 2.16. The summed E-state index contributed by atoms with van der Waals surface area (Å²) in [6, 6.07) is 8.21. The van der Waals surface area contributed by atoms with Crippen LogP contribution in [0.15, 0.2) is 30.3 Å². The summed E-state index contributed by atoms with van der Waals surface area (Å²) in [5.74, 6) is -0.992. The Morgan fingerprint density at radius 1 is 1.05 bits per heavy atom. The molecule has 1 aliphatic heterocycles. The largest absolute Gasteiger partial charge is 0.370 e. The molecule has 1 heterocycles. The van der Waals surface area contributed by atoms with Gasteiger partial charge in [0.25, 0.3) is 0 Å². The van der Waals surface area contributed by atoms with E-state index in [4.69, 9.17) is 5.73 Å². The monoisotopic (exact) mass is 275 g/mol. The lowest BCUT2D eigenvalue weighted by Crippen LogP contribution is -2.62. The van der Waals surface area contributed by atoms with Gasteiger partial charge in [-0.05, 0) is 12.0 Å². The highest BCUT2D eigenvalue weighted by molar-refractivity contribution is 5.97. The minimum Gasteiger partial charge on any atom is -0.370 e. The van der Waals surface area contributed by atoms with E-state index in [0.717, 1.165) is 5.56 Å². The van der Waals surface area contributed by atoms with E-state index in [9.17, 15) is 14.4 Å². The lowest BCUT2D eigenvalue weighted by molar-refractivity contribution is -0.137. The molecule has 0 saturated carbocycles. The molecule has 0 bridgehead atoms. The third-order valence-electron chi connectivity index (χ3n) is 3.23. The number of carbonyl (C=O) groups excluding carboxylic acids is 3. The van der Waals surface area contributed by atoms with Crippen molar-refractivity contribution in [2.24, 2.45) is 5.73 Å². The van der Waals surface area contributed by atoms with E-state index in [2.05, 4.69) is 10.6 Å². The number of carbonyl (C=O) groups is 3. The molecular formula is C14H17N3O3. The highest BCUT2D eigenvalue weighted by Gasteiger charge is 2.33. The van der Waals surface area contributed by atoms with Gasteiger partial charge in [-0.3, -0.25) is 14.4 Å². The molecule has 2 atom stereocenters. The van der Waals surface area contributed by atoms with Crippen LogP contribution >= 0.6 is 0 Å². The summed E-state index contributed by atoms with van der Waals surface area (Å²) in [4.78, 5) is 34.5. The summed E-state index contributed by atoms with van der Waals surface area (Å²) in [7, 11) is 0. The van der Waals surface area contributed by atoms with Crippen LogP contribution in [-0.2, 0) is 20.8 Å². The zero-order chi connectivity index (χ0) is 14.5. The van der Waals surface area contributed by atoms with Gasteiger partial charge >= 0.3 is 0 Å². The summed E-state index contributed by atoms with van der Waals surface area (Å²) in [5, 5.41) is 5.32. The van der Waals surface area contributed by atoms with Gasteiger partial charge in [0.2, 0.25) is 17.7 Å². The molecule has 106 valence electrons. The fraction of sp³-hybridized carbons (Fsp3) is 0.357. The molecule has 0 aromatic heterocycles. The van der Waals surface area contributed by atoms with E-state index in [-0.39, 0.29) is 24.7 Å². The first-order valence-electron chi connectivity index (χ1n) is 6.49. The van der Waals surface area contributed by atoms with Crippen molar-refractivity contribution in [2.75, 3.05) is 0 Å². The fourth-order valence-electron chi connectivity index (χ4n) is 2.16. The number of nitrogens with two attached hydrogens (primary N) is 1. The van der Waals surface area contributed by atoms with Crippen LogP contribution in [0.4, 0.5) is 0 Å². The van der Waals surface area contributed by atoms with Gasteiger partial charge in [-0.15, -0.1) is 0 Å². The van der Waals surface area contributed by atoms with Crippen molar-refractivity contribution in [1.29, 1.82) is 0 Å². The average molecular weight is 275 g/mol. The molecular weight excluding hydrogens is 258 g/mol. The normalized spacial score (nSPS) is 22.0. The minimum atomic E-state index is -0.679. The van der Waals surface area contributed by atoms with Gasteiger partial charge in [0.1, 0.15) is 12.1 Å². The average Bonchev–Trinajstić information content (AvgIpc) is 2.42. The summed E-state index contributed by atoms with van der Waals surface area (Å²) < 4.78 is 0. The molecule has 0 aliphatic carbocycles. The third kappa shape index (κ3) is 3.57. The van der Waals surface area contributed by atoms with Crippen LogP contribution < -0.4 is 16.4 Å². The van der Waals surface area contributed by atoms with Gasteiger partial charge in [-0.1, -0.05) is 30.3 Å². The van der Waals surface area contributed by atoms with E-state index >= 15 is 0 Å². The van der Waals surface area contributed by atoms with Crippen molar-refractivity contribution >= 4 is 17.7 Å². The Bertz CT molecular complexity index is 516. The number of piperazine rings is 1. The molecule has 6 heteroatoms. The van der Waals surface area contributed by atoms with Crippen molar-refractivity contribution in [2.45, 2.75) is 31.3 Å². The smallest absolute Gasteiger partial charge is 0.243 e. The zero-order valence-corrected chi connectivity index (χ0v) is 11.0. The van der Waals surface area contributed by atoms with Crippen LogP contribution in [0.5, 0.6) is 0 Å².